The van der Waals surface area contributed by atoms with Crippen molar-refractivity contribution in [2.24, 2.45) is 0 Å². The van der Waals surface area contributed by atoms with Crippen molar-refractivity contribution in [2.75, 3.05) is 40.9 Å². The largest absolute Gasteiger partial charge is 0.472 e. The molecule has 9 nitrogen and oxygen atoms in total. The van der Waals surface area contributed by atoms with Gasteiger partial charge in [0.1, 0.15) is 19.3 Å². The molecule has 0 aliphatic heterocycles. The number of likely N-dealkylation sites (N-methyl/N-ethyl adjacent to an activating group) is 1. The molecule has 0 saturated carbocycles. The molecule has 10 heteroatoms. The Balaban J connectivity index is 5.06. The molecule has 3 unspecified atom stereocenters. The Morgan fingerprint density at radius 1 is 0.422 bits per heavy atom. The number of nitrogens with one attached hydrogen (secondary N) is 1. The lowest BCUT2D eigenvalue weighted by Gasteiger charge is -2.27. The average molecular weight is 1190 g/mol. The number of nitrogens with zero attached hydrogens (tertiary/aromatic N) is 1. The molecule has 1 amide bonds. The molecule has 83 heavy (non-hydrogen) atoms. The summed E-state index contributed by atoms with van der Waals surface area (Å²) in [6.45, 7) is 7.06. The van der Waals surface area contributed by atoms with Crippen molar-refractivity contribution in [3.63, 3.8) is 0 Å². The number of allylic oxidation sites excluding steroid dienone is 5. The molecule has 0 spiro atoms. The molecule has 2 N–H and O–H groups in total. The molecule has 0 aromatic heterocycles. The van der Waals surface area contributed by atoms with E-state index in [-0.39, 0.29) is 25.1 Å². The van der Waals surface area contributed by atoms with Crippen molar-refractivity contribution < 1.29 is 37.3 Å². The molecule has 490 valence electrons. The van der Waals surface area contributed by atoms with E-state index >= 15 is 0 Å². The lowest BCUT2D eigenvalue weighted by molar-refractivity contribution is -0.870. The first-order valence-corrected chi connectivity index (χ1v) is 37.8. The van der Waals surface area contributed by atoms with Crippen LogP contribution in [0.15, 0.2) is 36.5 Å². The smallest absolute Gasteiger partial charge is 0.456 e. The Labute approximate surface area is 516 Å². The molecule has 0 aromatic rings. The first-order chi connectivity index (χ1) is 40.4. The van der Waals surface area contributed by atoms with E-state index in [0.29, 0.717) is 23.9 Å². The van der Waals surface area contributed by atoms with E-state index in [2.05, 4.69) is 56.5 Å². The number of ether oxygens (including phenoxy) is 1. The Morgan fingerprint density at radius 3 is 1.11 bits per heavy atom. The van der Waals surface area contributed by atoms with Crippen LogP contribution in [0, 0.1) is 0 Å². The Morgan fingerprint density at radius 2 is 0.735 bits per heavy atom. The molecule has 0 saturated heterocycles. The summed E-state index contributed by atoms with van der Waals surface area (Å²) in [5.74, 6) is -0.486. The maximum Gasteiger partial charge on any atom is 0.472 e. The summed E-state index contributed by atoms with van der Waals surface area (Å²) in [7, 11) is 1.51. The van der Waals surface area contributed by atoms with Crippen LogP contribution in [0.25, 0.3) is 0 Å². The predicted molar refractivity (Wildman–Crippen MR) is 360 cm³/mol. The molecule has 0 rings (SSSR count). The van der Waals surface area contributed by atoms with Crippen LogP contribution < -0.4 is 5.32 Å². The highest BCUT2D eigenvalue weighted by atomic mass is 31.2. The molecular formula is C73H142N2O7P+. The van der Waals surface area contributed by atoms with Crippen LogP contribution in [0.1, 0.15) is 367 Å². The van der Waals surface area contributed by atoms with Crippen molar-refractivity contribution in [2.45, 2.75) is 380 Å². The summed E-state index contributed by atoms with van der Waals surface area (Å²) in [6.07, 6.45) is 78.7. The molecule has 0 fully saturated rings. The van der Waals surface area contributed by atoms with Gasteiger partial charge in [0.25, 0.3) is 0 Å². The van der Waals surface area contributed by atoms with E-state index in [4.69, 9.17) is 13.8 Å². The highest BCUT2D eigenvalue weighted by Gasteiger charge is 2.30. The van der Waals surface area contributed by atoms with Crippen molar-refractivity contribution in [3.8, 4) is 0 Å². The standard InChI is InChI=1S/C73H141N2O7P/c1-7-10-13-16-19-22-25-28-30-32-34-36-37-39-40-42-44-47-50-53-56-59-62-65-72(76)74-70(69-81-83(78,79)80-68-67-75(4,5)6)71(64-61-58-55-52-49-46-27-24-21-18-15-12-9-3)82-73(77)66-63-60-57-54-51-48-45-43-41-38-35-33-31-29-26-23-20-17-14-11-8-2/h20,23,29,31,61,64,70-71H,7-19,21-22,24-28,30,32-60,62-63,65-69H2,1-6H3,(H-,74,76,78,79)/p+1/b23-20-,31-29-,64-61+. The number of carbonyl (C=O) groups is 2. The van der Waals surface area contributed by atoms with Crippen molar-refractivity contribution >= 4 is 19.7 Å². The zero-order valence-corrected chi connectivity index (χ0v) is 57.1. The second-order valence-corrected chi connectivity index (χ2v) is 27.6. The number of hydrogen-bond acceptors (Lipinski definition) is 6. The number of quaternary nitrogens is 1. The van der Waals surface area contributed by atoms with Gasteiger partial charge in [0.15, 0.2) is 0 Å². The van der Waals surface area contributed by atoms with Crippen LogP contribution in [-0.4, -0.2) is 74.3 Å². The minimum absolute atomic E-state index is 0.0430. The fourth-order valence-electron chi connectivity index (χ4n) is 11.0. The molecule has 0 aliphatic rings. The summed E-state index contributed by atoms with van der Waals surface area (Å²) >= 11 is 0. The normalized spacial score (nSPS) is 13.7. The van der Waals surface area contributed by atoms with Gasteiger partial charge in [0.2, 0.25) is 5.91 Å². The second kappa shape index (κ2) is 63.3. The van der Waals surface area contributed by atoms with E-state index in [0.717, 1.165) is 64.2 Å². The summed E-state index contributed by atoms with van der Waals surface area (Å²) in [5.41, 5.74) is 0. The zero-order chi connectivity index (χ0) is 60.7. The summed E-state index contributed by atoms with van der Waals surface area (Å²) < 4.78 is 30.9. The number of esters is 1. The van der Waals surface area contributed by atoms with Crippen molar-refractivity contribution in [1.29, 1.82) is 0 Å². The Kier molecular flexibility index (Phi) is 61.9. The minimum Gasteiger partial charge on any atom is -0.456 e. The van der Waals surface area contributed by atoms with Crippen LogP contribution >= 0.6 is 7.82 Å². The van der Waals surface area contributed by atoms with Gasteiger partial charge in [0.05, 0.1) is 33.8 Å². The van der Waals surface area contributed by atoms with E-state index < -0.39 is 20.0 Å². The number of phosphoric ester groups is 1. The Hall–Kier alpha value is -1.77. The van der Waals surface area contributed by atoms with Gasteiger partial charge in [-0.1, -0.05) is 327 Å². The highest BCUT2D eigenvalue weighted by molar-refractivity contribution is 7.47. The molecule has 0 bridgehead atoms. The monoisotopic (exact) mass is 1190 g/mol. The van der Waals surface area contributed by atoms with Gasteiger partial charge in [-0.2, -0.15) is 0 Å². The van der Waals surface area contributed by atoms with Gasteiger partial charge in [-0.05, 0) is 63.9 Å². The summed E-state index contributed by atoms with van der Waals surface area (Å²) in [4.78, 5) is 37.9. The number of hydrogen-bond donors (Lipinski definition) is 2. The third kappa shape index (κ3) is 64.5. The minimum atomic E-state index is -4.45. The topological polar surface area (TPSA) is 111 Å². The second-order valence-electron chi connectivity index (χ2n) is 26.1. The SMILES string of the molecule is CCCCC/C=C\C/C=C\CCCCCCCCCCCCCC(=O)OC(/C=C/CCCCCCCCCCCCC)C(COP(=O)(O)OCC[N+](C)(C)C)NC(=O)CCCCCCCCCCCCCCCCCCCCCCCCC. The quantitative estimate of drug-likeness (QED) is 0.0205. The van der Waals surface area contributed by atoms with Crippen molar-refractivity contribution in [3.05, 3.63) is 36.5 Å². The maximum absolute atomic E-state index is 13.6. The van der Waals surface area contributed by atoms with Crippen molar-refractivity contribution in [1.82, 2.24) is 5.32 Å². The summed E-state index contributed by atoms with van der Waals surface area (Å²) in [6, 6.07) is -0.846. The van der Waals surface area contributed by atoms with Gasteiger partial charge in [-0.25, -0.2) is 4.57 Å². The van der Waals surface area contributed by atoms with Gasteiger partial charge >= 0.3 is 13.8 Å². The first kappa shape index (κ1) is 81.2. The average Bonchev–Trinajstić information content (AvgIpc) is 3.47. The third-order valence-electron chi connectivity index (χ3n) is 16.6. The number of unbranched alkanes of at least 4 members (excludes halogenated alkanes) is 47. The van der Waals surface area contributed by atoms with E-state index in [9.17, 15) is 19.0 Å². The number of rotatable bonds is 67. The number of phosphoric acid groups is 1. The molecule has 0 radical (unpaired) electrons. The fourth-order valence-corrected chi connectivity index (χ4v) is 11.7. The number of carbonyl (C=O) groups excluding carboxylic acids is 2. The van der Waals surface area contributed by atoms with E-state index in [1.165, 1.54) is 270 Å². The molecule has 0 aliphatic carbocycles. The van der Waals surface area contributed by atoms with Crippen LogP contribution in [-0.2, 0) is 27.9 Å². The molecular weight excluding hydrogens is 1050 g/mol. The fraction of sp³-hybridized carbons (Fsp3) is 0.890. The Bertz CT molecular complexity index is 1510. The van der Waals surface area contributed by atoms with E-state index in [1.54, 1.807) is 0 Å². The lowest BCUT2D eigenvalue weighted by Crippen LogP contribution is -2.47. The predicted octanol–water partition coefficient (Wildman–Crippen LogP) is 23.0. The number of amides is 1. The van der Waals surface area contributed by atoms with Gasteiger partial charge in [0, 0.05) is 12.8 Å². The van der Waals surface area contributed by atoms with Gasteiger partial charge in [-0.3, -0.25) is 18.6 Å². The van der Waals surface area contributed by atoms with Gasteiger partial charge < -0.3 is 19.4 Å². The highest BCUT2D eigenvalue weighted by Crippen LogP contribution is 2.43. The van der Waals surface area contributed by atoms with Gasteiger partial charge in [-0.15, -0.1) is 0 Å². The summed E-state index contributed by atoms with van der Waals surface area (Å²) in [5, 5.41) is 3.08. The molecule has 3 atom stereocenters. The van der Waals surface area contributed by atoms with E-state index in [1.807, 2.05) is 27.2 Å². The lowest BCUT2D eigenvalue weighted by atomic mass is 10.0. The third-order valence-corrected chi connectivity index (χ3v) is 17.6. The molecule has 0 aromatic carbocycles. The van der Waals surface area contributed by atoms with Crippen LogP contribution in [0.4, 0.5) is 0 Å². The van der Waals surface area contributed by atoms with Crippen LogP contribution in [0.5, 0.6) is 0 Å². The maximum atomic E-state index is 13.6. The molecule has 0 heterocycles. The van der Waals surface area contributed by atoms with Crippen LogP contribution in [0.2, 0.25) is 0 Å². The van der Waals surface area contributed by atoms with Crippen LogP contribution in [0.3, 0.4) is 0 Å². The zero-order valence-electron chi connectivity index (χ0n) is 56.2. The first-order valence-electron chi connectivity index (χ1n) is 36.3.